The van der Waals surface area contributed by atoms with Crippen molar-refractivity contribution in [2.24, 2.45) is 0 Å². The molecule has 2 heteroatoms. The number of hydrogen-bond donors (Lipinski definition) is 0. The number of aromatic nitrogens is 2. The molecule has 0 aliphatic carbocycles. The van der Waals surface area contributed by atoms with Gasteiger partial charge in [-0.15, -0.1) is 6.42 Å². The molecule has 1 heterocycles. The van der Waals surface area contributed by atoms with Crippen molar-refractivity contribution in [2.45, 2.75) is 13.5 Å². The Bertz CT molecular complexity index is 474. The van der Waals surface area contributed by atoms with Crippen molar-refractivity contribution in [1.29, 1.82) is 0 Å². The van der Waals surface area contributed by atoms with E-state index in [0.29, 0.717) is 6.54 Å². The predicted octanol–water partition coefficient (Wildman–Crippen LogP) is 1.98. The monoisotopic (exact) mass is 170 g/mol. The Morgan fingerprint density at radius 2 is 2.38 bits per heavy atom. The van der Waals surface area contributed by atoms with Crippen molar-refractivity contribution in [2.75, 3.05) is 0 Å². The Labute approximate surface area is 77.2 Å². The fourth-order valence-corrected chi connectivity index (χ4v) is 1.46. The molecule has 0 radical (unpaired) electrons. The molecule has 13 heavy (non-hydrogen) atoms. The standard InChI is InChI=1S/C11H10N2/c1-3-7-13-8-12-11-9(2)5-4-6-10(11)13/h1,4-6,8H,7H2,2H3. The van der Waals surface area contributed by atoms with Crippen LogP contribution in [0.25, 0.3) is 11.0 Å². The normalized spacial score (nSPS) is 10.2. The molecule has 2 rings (SSSR count). The number of rotatable bonds is 1. The quantitative estimate of drug-likeness (QED) is 0.598. The summed E-state index contributed by atoms with van der Waals surface area (Å²) >= 11 is 0. The Balaban J connectivity index is 2.70. The maximum absolute atomic E-state index is 5.25. The molecule has 0 spiro atoms. The largest absolute Gasteiger partial charge is 0.319 e. The first-order valence-corrected chi connectivity index (χ1v) is 4.17. The lowest BCUT2D eigenvalue weighted by Crippen LogP contribution is -1.92. The summed E-state index contributed by atoms with van der Waals surface area (Å²) in [7, 11) is 0. The van der Waals surface area contributed by atoms with Gasteiger partial charge in [-0.05, 0) is 18.6 Å². The molecule has 2 aromatic rings. The molecule has 0 saturated carbocycles. The number of para-hydroxylation sites is 1. The molecule has 0 atom stereocenters. The van der Waals surface area contributed by atoms with Gasteiger partial charge in [-0.25, -0.2) is 4.98 Å². The molecule has 0 bridgehead atoms. The second kappa shape index (κ2) is 2.95. The van der Waals surface area contributed by atoms with Gasteiger partial charge in [0.05, 0.1) is 23.9 Å². The van der Waals surface area contributed by atoms with Crippen LogP contribution in [0.2, 0.25) is 0 Å². The molecule has 0 aliphatic rings. The van der Waals surface area contributed by atoms with Gasteiger partial charge in [0, 0.05) is 0 Å². The van der Waals surface area contributed by atoms with E-state index in [0.717, 1.165) is 11.0 Å². The molecular formula is C11H10N2. The van der Waals surface area contributed by atoms with Crippen LogP contribution in [-0.2, 0) is 6.54 Å². The Morgan fingerprint density at radius 3 is 3.15 bits per heavy atom. The van der Waals surface area contributed by atoms with Crippen molar-refractivity contribution in [1.82, 2.24) is 9.55 Å². The van der Waals surface area contributed by atoms with Crippen molar-refractivity contribution in [3.8, 4) is 12.3 Å². The van der Waals surface area contributed by atoms with E-state index in [-0.39, 0.29) is 0 Å². The molecule has 0 fully saturated rings. The highest BCUT2D eigenvalue weighted by Crippen LogP contribution is 2.15. The van der Waals surface area contributed by atoms with Gasteiger partial charge >= 0.3 is 0 Å². The lowest BCUT2D eigenvalue weighted by atomic mass is 10.2. The lowest BCUT2D eigenvalue weighted by molar-refractivity contribution is 0.871. The average Bonchev–Trinajstić information content (AvgIpc) is 2.51. The highest BCUT2D eigenvalue weighted by atomic mass is 15.0. The smallest absolute Gasteiger partial charge is 0.0967 e. The van der Waals surface area contributed by atoms with Crippen LogP contribution in [0.1, 0.15) is 5.56 Å². The number of hydrogen-bond acceptors (Lipinski definition) is 1. The number of nitrogens with zero attached hydrogens (tertiary/aromatic N) is 2. The molecule has 2 nitrogen and oxygen atoms in total. The van der Waals surface area contributed by atoms with E-state index in [1.807, 2.05) is 16.7 Å². The van der Waals surface area contributed by atoms with E-state index in [1.165, 1.54) is 5.56 Å². The first-order chi connectivity index (χ1) is 6.33. The van der Waals surface area contributed by atoms with Gasteiger partial charge in [-0.2, -0.15) is 0 Å². The molecular weight excluding hydrogens is 160 g/mol. The summed E-state index contributed by atoms with van der Waals surface area (Å²) in [4.78, 5) is 4.30. The molecule has 0 amide bonds. The second-order valence-electron chi connectivity index (χ2n) is 3.02. The van der Waals surface area contributed by atoms with Crippen LogP contribution in [0, 0.1) is 19.3 Å². The number of benzene rings is 1. The van der Waals surface area contributed by atoms with Gasteiger partial charge in [0.15, 0.2) is 0 Å². The van der Waals surface area contributed by atoms with Crippen molar-refractivity contribution >= 4 is 11.0 Å². The summed E-state index contributed by atoms with van der Waals surface area (Å²) in [6, 6.07) is 6.11. The highest BCUT2D eigenvalue weighted by molar-refractivity contribution is 5.78. The molecule has 0 N–H and O–H groups in total. The SMILES string of the molecule is C#CCn1cnc2c(C)cccc21. The topological polar surface area (TPSA) is 17.8 Å². The average molecular weight is 170 g/mol. The predicted molar refractivity (Wildman–Crippen MR) is 53.3 cm³/mol. The summed E-state index contributed by atoms with van der Waals surface area (Å²) in [6.07, 6.45) is 7.04. The van der Waals surface area contributed by atoms with E-state index in [9.17, 15) is 0 Å². The van der Waals surface area contributed by atoms with Crippen LogP contribution in [0.3, 0.4) is 0 Å². The van der Waals surface area contributed by atoms with Gasteiger partial charge in [0.1, 0.15) is 0 Å². The maximum atomic E-state index is 5.25. The summed E-state index contributed by atoms with van der Waals surface area (Å²) in [5, 5.41) is 0. The van der Waals surface area contributed by atoms with Crippen LogP contribution < -0.4 is 0 Å². The van der Waals surface area contributed by atoms with Crippen LogP contribution in [0.4, 0.5) is 0 Å². The van der Waals surface area contributed by atoms with E-state index < -0.39 is 0 Å². The third-order valence-corrected chi connectivity index (χ3v) is 2.11. The maximum Gasteiger partial charge on any atom is 0.0967 e. The Kier molecular flexibility index (Phi) is 1.79. The molecule has 1 aromatic heterocycles. The zero-order valence-corrected chi connectivity index (χ0v) is 7.49. The number of terminal acetylenes is 1. The summed E-state index contributed by atoms with van der Waals surface area (Å²) in [6.45, 7) is 2.63. The number of imidazole rings is 1. The first-order valence-electron chi connectivity index (χ1n) is 4.17. The van der Waals surface area contributed by atoms with Gasteiger partial charge in [-0.1, -0.05) is 18.1 Å². The minimum atomic E-state index is 0.583. The molecule has 64 valence electrons. The molecule has 0 saturated heterocycles. The van der Waals surface area contributed by atoms with Crippen LogP contribution in [0.15, 0.2) is 24.5 Å². The third kappa shape index (κ3) is 1.19. The van der Waals surface area contributed by atoms with E-state index in [2.05, 4.69) is 23.9 Å². The lowest BCUT2D eigenvalue weighted by Gasteiger charge is -1.98. The fourth-order valence-electron chi connectivity index (χ4n) is 1.46. The number of fused-ring (bicyclic) bond motifs is 1. The van der Waals surface area contributed by atoms with E-state index >= 15 is 0 Å². The summed E-state index contributed by atoms with van der Waals surface area (Å²) in [5.41, 5.74) is 3.34. The molecule has 0 unspecified atom stereocenters. The van der Waals surface area contributed by atoms with E-state index in [4.69, 9.17) is 6.42 Å². The Morgan fingerprint density at radius 1 is 1.54 bits per heavy atom. The Hall–Kier alpha value is -1.75. The van der Waals surface area contributed by atoms with Crippen LogP contribution in [-0.4, -0.2) is 9.55 Å². The summed E-state index contributed by atoms with van der Waals surface area (Å²) in [5.74, 6) is 2.60. The van der Waals surface area contributed by atoms with Crippen molar-refractivity contribution < 1.29 is 0 Å². The van der Waals surface area contributed by atoms with Gasteiger partial charge in [0.2, 0.25) is 0 Å². The fraction of sp³-hybridized carbons (Fsp3) is 0.182. The first kappa shape index (κ1) is 7.88. The van der Waals surface area contributed by atoms with E-state index in [1.54, 1.807) is 6.33 Å². The van der Waals surface area contributed by atoms with Crippen molar-refractivity contribution in [3.05, 3.63) is 30.1 Å². The minimum Gasteiger partial charge on any atom is -0.319 e. The highest BCUT2D eigenvalue weighted by Gasteiger charge is 2.02. The van der Waals surface area contributed by atoms with Crippen LogP contribution >= 0.6 is 0 Å². The van der Waals surface area contributed by atoms with Gasteiger partial charge < -0.3 is 4.57 Å². The second-order valence-corrected chi connectivity index (χ2v) is 3.02. The third-order valence-electron chi connectivity index (χ3n) is 2.11. The molecule has 1 aromatic carbocycles. The zero-order chi connectivity index (χ0) is 9.26. The number of aryl methyl sites for hydroxylation is 1. The van der Waals surface area contributed by atoms with Gasteiger partial charge in [-0.3, -0.25) is 0 Å². The van der Waals surface area contributed by atoms with Gasteiger partial charge in [0.25, 0.3) is 0 Å². The minimum absolute atomic E-state index is 0.583. The molecule has 0 aliphatic heterocycles. The zero-order valence-electron chi connectivity index (χ0n) is 7.49. The van der Waals surface area contributed by atoms with Crippen LogP contribution in [0.5, 0.6) is 0 Å². The summed E-state index contributed by atoms with van der Waals surface area (Å²) < 4.78 is 1.97. The van der Waals surface area contributed by atoms with Crippen molar-refractivity contribution in [3.63, 3.8) is 0 Å².